The molecule has 0 unspecified atom stereocenters. The van der Waals surface area contributed by atoms with E-state index in [1.54, 1.807) is 12.3 Å². The van der Waals surface area contributed by atoms with Crippen LogP contribution in [0.25, 0.3) is 28.0 Å². The number of H-pyrrole nitrogens is 1. The second-order valence-corrected chi connectivity index (χ2v) is 11.3. The van der Waals surface area contributed by atoms with Crippen LogP contribution in [0, 0.1) is 5.82 Å². The zero-order chi connectivity index (χ0) is 28.0. The first kappa shape index (κ1) is 28.0. The molecular weight excluding hydrogens is 523 g/mol. The van der Waals surface area contributed by atoms with Gasteiger partial charge in [0, 0.05) is 36.8 Å². The lowest BCUT2D eigenvalue weighted by Gasteiger charge is -2.08. The van der Waals surface area contributed by atoms with Crippen LogP contribution < -0.4 is 28.2 Å². The summed E-state index contributed by atoms with van der Waals surface area (Å²) < 4.78 is 40.5. The molecule has 2 heterocycles. The van der Waals surface area contributed by atoms with Crippen molar-refractivity contribution in [2.24, 2.45) is 22.2 Å². The van der Waals surface area contributed by atoms with Gasteiger partial charge < -0.3 is 27.5 Å². The van der Waals surface area contributed by atoms with Gasteiger partial charge in [0.05, 0.1) is 22.9 Å². The van der Waals surface area contributed by atoms with Crippen LogP contribution in [0.5, 0.6) is 0 Å². The maximum Gasteiger partial charge on any atom is 0.354 e. The number of hydrogen-bond acceptors (Lipinski definition) is 7. The van der Waals surface area contributed by atoms with Gasteiger partial charge in [-0.15, -0.1) is 0 Å². The molecule has 4 rings (SSSR count). The summed E-state index contributed by atoms with van der Waals surface area (Å²) in [4.78, 5) is 23.8. The van der Waals surface area contributed by atoms with Crippen molar-refractivity contribution >= 4 is 26.8 Å². The second kappa shape index (κ2) is 12.2. The van der Waals surface area contributed by atoms with Gasteiger partial charge in [0.2, 0.25) is 0 Å². The molecule has 0 amide bonds. The van der Waals surface area contributed by atoms with Crippen molar-refractivity contribution in [3.63, 3.8) is 0 Å². The summed E-state index contributed by atoms with van der Waals surface area (Å²) in [5.74, 6) is -0.848. The minimum absolute atomic E-state index is 0.0169. The molecule has 0 saturated carbocycles. The van der Waals surface area contributed by atoms with E-state index < -0.39 is 21.3 Å². The summed E-state index contributed by atoms with van der Waals surface area (Å²) in [6.07, 6.45) is 2.44. The van der Waals surface area contributed by atoms with E-state index in [0.717, 1.165) is 18.5 Å². The van der Waals surface area contributed by atoms with Crippen LogP contribution in [-0.2, 0) is 22.1 Å². The fourth-order valence-electron chi connectivity index (χ4n) is 4.12. The van der Waals surface area contributed by atoms with Crippen LogP contribution in [-0.4, -0.2) is 54.3 Å². The highest BCUT2D eigenvalue weighted by atomic mass is 32.2. The summed E-state index contributed by atoms with van der Waals surface area (Å²) in [6, 6.07) is 13.3. The van der Waals surface area contributed by atoms with E-state index in [1.807, 2.05) is 24.3 Å². The molecule has 0 aliphatic heterocycles. The van der Waals surface area contributed by atoms with E-state index in [2.05, 4.69) is 20.3 Å². The summed E-state index contributed by atoms with van der Waals surface area (Å²) in [7, 11) is -3.41. The molecule has 0 aliphatic rings. The third kappa shape index (κ3) is 7.28. The van der Waals surface area contributed by atoms with Crippen LogP contribution in [0.1, 0.15) is 17.5 Å². The highest BCUT2D eigenvalue weighted by Gasteiger charge is 2.16. The molecule has 206 valence electrons. The van der Waals surface area contributed by atoms with E-state index in [1.165, 1.54) is 22.8 Å². The highest BCUT2D eigenvalue weighted by Crippen LogP contribution is 2.27. The number of aromatic amines is 1. The molecule has 0 saturated heterocycles. The molecule has 0 aliphatic carbocycles. The number of fused-ring (bicyclic) bond motifs is 1. The summed E-state index contributed by atoms with van der Waals surface area (Å²) in [5.41, 5.74) is 18.5. The molecule has 2 aromatic heterocycles. The lowest BCUT2D eigenvalue weighted by atomic mass is 10.1. The molecule has 13 heteroatoms. The number of rotatable bonds is 12. The Morgan fingerprint density at radius 1 is 1.10 bits per heavy atom. The maximum absolute atomic E-state index is 14.7. The average molecular weight is 555 g/mol. The van der Waals surface area contributed by atoms with Crippen LogP contribution in [0.4, 0.5) is 4.39 Å². The van der Waals surface area contributed by atoms with Crippen LogP contribution in [0.2, 0.25) is 0 Å². The summed E-state index contributed by atoms with van der Waals surface area (Å²) >= 11 is 0. The first-order valence-corrected chi connectivity index (χ1v) is 14.1. The Balaban J connectivity index is 1.52. The molecule has 0 fully saturated rings. The third-order valence-corrected chi connectivity index (χ3v) is 7.62. The van der Waals surface area contributed by atoms with Crippen molar-refractivity contribution in [2.45, 2.75) is 18.7 Å². The van der Waals surface area contributed by atoms with Crippen LogP contribution >= 0.6 is 0 Å². The number of hydrogen-bond donors (Lipinski definition) is 5. The molecule has 0 atom stereocenters. The monoisotopic (exact) mass is 554 g/mol. The number of nitrogens with one attached hydrogen (secondary N) is 2. The van der Waals surface area contributed by atoms with Gasteiger partial charge >= 0.3 is 5.69 Å². The predicted molar refractivity (Wildman–Crippen MR) is 151 cm³/mol. The third-order valence-electron chi connectivity index (χ3n) is 5.99. The van der Waals surface area contributed by atoms with Gasteiger partial charge in [-0.1, -0.05) is 18.2 Å². The molecule has 8 N–H and O–H groups in total. The van der Waals surface area contributed by atoms with E-state index in [9.17, 15) is 17.6 Å². The highest BCUT2D eigenvalue weighted by molar-refractivity contribution is 7.90. The Hall–Kier alpha value is -4.07. The second-order valence-electron chi connectivity index (χ2n) is 9.08. The van der Waals surface area contributed by atoms with Gasteiger partial charge in [-0.2, -0.15) is 4.98 Å². The quantitative estimate of drug-likeness (QED) is 0.0979. The molecule has 0 radical (unpaired) electrons. The minimum atomic E-state index is -3.41. The Morgan fingerprint density at radius 2 is 1.85 bits per heavy atom. The van der Waals surface area contributed by atoms with E-state index in [4.69, 9.17) is 17.2 Å². The van der Waals surface area contributed by atoms with E-state index >= 15 is 0 Å². The Morgan fingerprint density at radius 3 is 2.56 bits per heavy atom. The smallest absolute Gasteiger partial charge is 0.354 e. The van der Waals surface area contributed by atoms with Crippen molar-refractivity contribution in [1.82, 2.24) is 19.9 Å². The molecule has 4 aromatic rings. The first-order valence-electron chi connectivity index (χ1n) is 12.3. The number of aliphatic imine (C=N–C) groups is 1. The van der Waals surface area contributed by atoms with E-state index in [-0.39, 0.29) is 29.6 Å². The first-order chi connectivity index (χ1) is 18.6. The Kier molecular flexibility index (Phi) is 8.74. The molecule has 39 heavy (non-hydrogen) atoms. The van der Waals surface area contributed by atoms with Crippen molar-refractivity contribution in [1.29, 1.82) is 0 Å². The SMILES string of the molecule is NCCS(=O)(=O)Cc1ccc(F)c(-c2cc3cn(-c4ccc(CNCCCN=C(N)N)cc4)c(=O)nc3[nH]2)c1. The zero-order valence-corrected chi connectivity index (χ0v) is 22.0. The van der Waals surface area contributed by atoms with Gasteiger partial charge in [-0.05, 0) is 54.4 Å². The molecule has 11 nitrogen and oxygen atoms in total. The number of halogens is 1. The van der Waals surface area contributed by atoms with Gasteiger partial charge in [0.1, 0.15) is 11.5 Å². The predicted octanol–water partition coefficient (Wildman–Crippen LogP) is 1.15. The number of aromatic nitrogens is 3. The Bertz CT molecular complexity index is 1640. The van der Waals surface area contributed by atoms with Crippen molar-refractivity contribution in [3.05, 3.63) is 82.2 Å². The lowest BCUT2D eigenvalue weighted by molar-refractivity contribution is 0.594. The number of nitrogens with two attached hydrogens (primary N) is 3. The number of nitrogens with zero attached hydrogens (tertiary/aromatic N) is 3. The van der Waals surface area contributed by atoms with E-state index in [0.29, 0.717) is 41.1 Å². The normalized spacial score (nSPS) is 11.6. The molecule has 0 spiro atoms. The zero-order valence-electron chi connectivity index (χ0n) is 21.2. The molecular formula is C26H31FN8O3S. The number of benzene rings is 2. The molecule has 0 bridgehead atoms. The van der Waals surface area contributed by atoms with Crippen LogP contribution in [0.15, 0.2) is 64.5 Å². The molecule has 2 aromatic carbocycles. The minimum Gasteiger partial charge on any atom is -0.370 e. The van der Waals surface area contributed by atoms with Crippen molar-refractivity contribution < 1.29 is 12.8 Å². The topological polar surface area (TPSA) is 187 Å². The van der Waals surface area contributed by atoms with Crippen molar-refractivity contribution in [3.8, 4) is 16.9 Å². The number of sulfone groups is 1. The standard InChI is InChI=1S/C26H31FN8O3S/c27-22-7-4-18(16-39(37,38)11-8-28)12-21(22)23-13-19-15-35(26(36)34-24(19)33-23)20-5-2-17(3-6-20)14-31-9-1-10-32-25(29)30/h2-7,12-13,15,31H,1,8-11,14,16,28H2,(H4,29,30,32)(H,33,34,36). The van der Waals surface area contributed by atoms with Crippen molar-refractivity contribution in [2.75, 3.05) is 25.4 Å². The van der Waals surface area contributed by atoms with Gasteiger partial charge in [0.15, 0.2) is 15.8 Å². The Labute approximate surface area is 224 Å². The average Bonchev–Trinajstić information content (AvgIpc) is 3.29. The fourth-order valence-corrected chi connectivity index (χ4v) is 5.31. The van der Waals surface area contributed by atoms with Crippen LogP contribution in [0.3, 0.4) is 0 Å². The van der Waals surface area contributed by atoms with Gasteiger partial charge in [-0.3, -0.25) is 9.56 Å². The summed E-state index contributed by atoms with van der Waals surface area (Å²) in [6.45, 7) is 1.97. The largest absolute Gasteiger partial charge is 0.370 e. The maximum atomic E-state index is 14.7. The lowest BCUT2D eigenvalue weighted by Crippen LogP contribution is -2.23. The van der Waals surface area contributed by atoms with Gasteiger partial charge in [-0.25, -0.2) is 17.6 Å². The fraction of sp³-hybridized carbons (Fsp3) is 0.269. The summed E-state index contributed by atoms with van der Waals surface area (Å²) in [5, 5.41) is 3.90. The number of guanidine groups is 1. The van der Waals surface area contributed by atoms with Gasteiger partial charge in [0.25, 0.3) is 0 Å².